The van der Waals surface area contributed by atoms with Crippen molar-refractivity contribution in [2.75, 3.05) is 25.7 Å². The number of aryl methyl sites for hydroxylation is 1. The highest BCUT2D eigenvalue weighted by Gasteiger charge is 2.44. The van der Waals surface area contributed by atoms with Crippen molar-refractivity contribution < 1.29 is 22.6 Å². The molecule has 6 rings (SSSR count). The molecule has 1 saturated carbocycles. The predicted octanol–water partition coefficient (Wildman–Crippen LogP) is 5.45. The second kappa shape index (κ2) is 11.6. The first-order chi connectivity index (χ1) is 20.7. The Morgan fingerprint density at radius 3 is 2.65 bits per heavy atom. The number of nitrogens with zero attached hydrogens (tertiary/aromatic N) is 8. The molecule has 3 aliphatic rings. The van der Waals surface area contributed by atoms with Gasteiger partial charge in [0.2, 0.25) is 5.88 Å². The van der Waals surface area contributed by atoms with Gasteiger partial charge < -0.3 is 18.9 Å². The summed E-state index contributed by atoms with van der Waals surface area (Å²) in [5, 5.41) is 4.89. The minimum atomic E-state index is -4.54. The van der Waals surface area contributed by atoms with Crippen molar-refractivity contribution in [1.82, 2.24) is 24.3 Å². The molecule has 13 heteroatoms. The van der Waals surface area contributed by atoms with Crippen molar-refractivity contribution in [1.29, 1.82) is 0 Å². The van der Waals surface area contributed by atoms with Gasteiger partial charge in [-0.05, 0) is 50.7 Å². The Morgan fingerprint density at radius 1 is 1.16 bits per heavy atom. The van der Waals surface area contributed by atoms with E-state index < -0.39 is 11.9 Å². The molecule has 0 amide bonds. The molecule has 1 aliphatic carbocycles. The Kier molecular flexibility index (Phi) is 7.84. The van der Waals surface area contributed by atoms with Crippen LogP contribution in [-0.2, 0) is 35.7 Å². The molecule has 0 aromatic carbocycles. The molecule has 228 valence electrons. The summed E-state index contributed by atoms with van der Waals surface area (Å²) in [5.41, 5.74) is 3.55. The van der Waals surface area contributed by atoms with Crippen LogP contribution in [0.1, 0.15) is 61.3 Å². The number of allylic oxidation sites excluding steroid dienone is 1. The van der Waals surface area contributed by atoms with Gasteiger partial charge in [-0.1, -0.05) is 0 Å². The van der Waals surface area contributed by atoms with Crippen molar-refractivity contribution in [2.45, 2.75) is 63.8 Å². The Labute approximate surface area is 248 Å². The van der Waals surface area contributed by atoms with Gasteiger partial charge in [-0.25, -0.2) is 20.0 Å². The molecule has 2 atom stereocenters. The van der Waals surface area contributed by atoms with Crippen LogP contribution >= 0.6 is 0 Å². The van der Waals surface area contributed by atoms with Gasteiger partial charge >= 0.3 is 6.18 Å². The molecular formula is C30H35F3N8O2. The highest BCUT2D eigenvalue weighted by Crippen LogP contribution is 2.48. The smallest absolute Gasteiger partial charge is 0.434 e. The molecule has 43 heavy (non-hydrogen) atoms. The average molecular weight is 597 g/mol. The van der Waals surface area contributed by atoms with Crippen molar-refractivity contribution in [3.05, 3.63) is 53.1 Å². The molecule has 2 aliphatic heterocycles. The van der Waals surface area contributed by atoms with Gasteiger partial charge in [0.1, 0.15) is 18.0 Å². The number of methoxy groups -OCH3 is 2. The van der Waals surface area contributed by atoms with E-state index in [4.69, 9.17) is 19.6 Å². The maximum Gasteiger partial charge on any atom is 0.434 e. The number of alkyl halides is 3. The van der Waals surface area contributed by atoms with E-state index in [0.29, 0.717) is 17.4 Å². The minimum absolute atomic E-state index is 0.0428. The number of anilines is 1. The van der Waals surface area contributed by atoms with Gasteiger partial charge in [-0.15, -0.1) is 0 Å². The van der Waals surface area contributed by atoms with Gasteiger partial charge in [-0.3, -0.25) is 4.68 Å². The fourth-order valence-corrected chi connectivity index (χ4v) is 6.09. The number of aromatic nitrogens is 5. The van der Waals surface area contributed by atoms with E-state index in [1.54, 1.807) is 19.4 Å². The van der Waals surface area contributed by atoms with Crippen LogP contribution in [0.4, 0.5) is 19.0 Å². The van der Waals surface area contributed by atoms with Crippen molar-refractivity contribution in [2.24, 2.45) is 23.0 Å². The summed E-state index contributed by atoms with van der Waals surface area (Å²) in [6, 6.07) is 3.94. The zero-order chi connectivity index (χ0) is 30.3. The normalized spacial score (nSPS) is 20.8. The van der Waals surface area contributed by atoms with Crippen molar-refractivity contribution >= 4 is 23.9 Å². The van der Waals surface area contributed by atoms with Gasteiger partial charge in [0, 0.05) is 74.2 Å². The molecule has 3 aromatic heterocycles. The lowest BCUT2D eigenvalue weighted by atomic mass is 9.94. The van der Waals surface area contributed by atoms with Crippen LogP contribution in [-0.4, -0.2) is 63.7 Å². The summed E-state index contributed by atoms with van der Waals surface area (Å²) in [6.45, 7) is 2.46. The predicted molar refractivity (Wildman–Crippen MR) is 157 cm³/mol. The molecule has 1 saturated heterocycles. The van der Waals surface area contributed by atoms with Crippen LogP contribution in [0.2, 0.25) is 0 Å². The number of hydrogen-bond acceptors (Lipinski definition) is 7. The number of rotatable bonds is 10. The third kappa shape index (κ3) is 5.69. The maximum absolute atomic E-state index is 13.5. The fraction of sp³-hybridized carbons (Fsp3) is 0.500. The summed E-state index contributed by atoms with van der Waals surface area (Å²) in [7, 11) is 5.07. The van der Waals surface area contributed by atoms with Gasteiger partial charge in [0.05, 0.1) is 25.5 Å². The minimum Gasteiger partial charge on any atom is -0.481 e. The second-order valence-electron chi connectivity index (χ2n) is 11.2. The third-order valence-corrected chi connectivity index (χ3v) is 8.38. The molecule has 0 N–H and O–H groups in total. The number of fused-ring (bicyclic) bond motifs is 4. The first-order valence-electron chi connectivity index (χ1n) is 14.4. The Hall–Kier alpha value is -4.00. The molecule has 2 fully saturated rings. The molecule has 0 radical (unpaired) electrons. The average Bonchev–Trinajstić information content (AvgIpc) is 3.49. The SMILES string of the molecule is COCCn1cc(C(F)(F)F)nc1-c1ccc(N2C3CCC2c2c(/C(C)=C(/N=C\N=CC4CC4)OC)nn(C)c2C3)nc1. The quantitative estimate of drug-likeness (QED) is 0.175. The van der Waals surface area contributed by atoms with E-state index >= 15 is 0 Å². The number of aliphatic imine (C=N–C) groups is 2. The largest absolute Gasteiger partial charge is 0.481 e. The van der Waals surface area contributed by atoms with Crippen LogP contribution < -0.4 is 4.90 Å². The highest BCUT2D eigenvalue weighted by molar-refractivity contribution is 5.77. The Bertz CT molecular complexity index is 1570. The molecule has 2 unspecified atom stereocenters. The maximum atomic E-state index is 13.5. The number of pyridine rings is 1. The number of hydrogen-bond donors (Lipinski definition) is 0. The highest BCUT2D eigenvalue weighted by atomic mass is 19.4. The zero-order valence-electron chi connectivity index (χ0n) is 24.7. The van der Waals surface area contributed by atoms with E-state index in [9.17, 15) is 13.2 Å². The molecule has 0 spiro atoms. The fourth-order valence-electron chi connectivity index (χ4n) is 6.09. The summed E-state index contributed by atoms with van der Waals surface area (Å²) < 4.78 is 54.5. The number of halogens is 3. The van der Waals surface area contributed by atoms with Crippen LogP contribution in [0.3, 0.4) is 0 Å². The monoisotopic (exact) mass is 596 g/mol. The van der Waals surface area contributed by atoms with E-state index in [0.717, 1.165) is 48.1 Å². The molecule has 10 nitrogen and oxygen atoms in total. The molecule has 5 heterocycles. The van der Waals surface area contributed by atoms with Gasteiger partial charge in [-0.2, -0.15) is 18.3 Å². The number of imidazole rings is 1. The summed E-state index contributed by atoms with van der Waals surface area (Å²) in [6.07, 6.45) is 6.61. The topological polar surface area (TPSA) is 95.0 Å². The lowest BCUT2D eigenvalue weighted by Gasteiger charge is -2.36. The van der Waals surface area contributed by atoms with Crippen LogP contribution in [0.25, 0.3) is 17.0 Å². The third-order valence-electron chi connectivity index (χ3n) is 8.38. The van der Waals surface area contributed by atoms with E-state index in [1.165, 1.54) is 36.6 Å². The Morgan fingerprint density at radius 2 is 1.98 bits per heavy atom. The summed E-state index contributed by atoms with van der Waals surface area (Å²) >= 11 is 0. The van der Waals surface area contributed by atoms with E-state index in [2.05, 4.69) is 19.9 Å². The van der Waals surface area contributed by atoms with E-state index in [1.807, 2.05) is 30.9 Å². The Balaban J connectivity index is 1.30. The van der Waals surface area contributed by atoms with Crippen LogP contribution in [0.5, 0.6) is 0 Å². The van der Waals surface area contributed by atoms with Crippen LogP contribution in [0, 0.1) is 5.92 Å². The second-order valence-corrected chi connectivity index (χ2v) is 11.2. The summed E-state index contributed by atoms with van der Waals surface area (Å²) in [4.78, 5) is 19.7. The summed E-state index contributed by atoms with van der Waals surface area (Å²) in [5.74, 6) is 2.00. The van der Waals surface area contributed by atoms with Gasteiger partial charge in [0.15, 0.2) is 5.69 Å². The molecule has 2 bridgehead atoms. The first-order valence-corrected chi connectivity index (χ1v) is 14.4. The first kappa shape index (κ1) is 29.1. The van der Waals surface area contributed by atoms with Crippen molar-refractivity contribution in [3.8, 4) is 11.4 Å². The zero-order valence-corrected chi connectivity index (χ0v) is 24.7. The lowest BCUT2D eigenvalue weighted by molar-refractivity contribution is -0.140. The van der Waals surface area contributed by atoms with Crippen LogP contribution in [0.15, 0.2) is 40.4 Å². The molecular weight excluding hydrogens is 561 g/mol. The number of ether oxygens (including phenoxy) is 2. The lowest BCUT2D eigenvalue weighted by Crippen LogP contribution is -2.38. The van der Waals surface area contributed by atoms with E-state index in [-0.39, 0.29) is 31.1 Å². The standard InChI is InChI=1S/C30H35F3N8O2/c1-18(29(43-4)36-17-34-14-19-5-6-19)27-26-22-9-8-21(13-23(26)39(2)38-27)41(22)25-10-7-20(15-35-25)28-37-24(30(31,32)33)16-40(28)11-12-42-3/h7,10,14-17,19,21-22H,5-6,8-9,11-13H2,1-4H3/b29-18-,34-14?,36-17-. The van der Waals surface area contributed by atoms with Crippen molar-refractivity contribution in [3.63, 3.8) is 0 Å². The molecule has 3 aromatic rings. The van der Waals surface area contributed by atoms with Gasteiger partial charge in [0.25, 0.3) is 0 Å².